The second kappa shape index (κ2) is 6.72. The number of hydrogen-bond acceptors (Lipinski definition) is 6. The van der Waals surface area contributed by atoms with Gasteiger partial charge in [-0.1, -0.05) is 0 Å². The van der Waals surface area contributed by atoms with E-state index in [2.05, 4.69) is 35.6 Å². The van der Waals surface area contributed by atoms with Crippen LogP contribution in [0.2, 0.25) is 0 Å². The SMILES string of the molecule is CN[C@H]1CCC[C@@H](Nc2nc(-c3c[nH]c4ncncc34)ncc2F)C1. The van der Waals surface area contributed by atoms with Gasteiger partial charge in [0.05, 0.1) is 6.20 Å². The van der Waals surface area contributed by atoms with Crippen LogP contribution >= 0.6 is 0 Å². The van der Waals surface area contributed by atoms with Crippen LogP contribution in [-0.4, -0.2) is 44.1 Å². The molecule has 3 heterocycles. The van der Waals surface area contributed by atoms with Crippen molar-refractivity contribution >= 4 is 16.9 Å². The summed E-state index contributed by atoms with van der Waals surface area (Å²) < 4.78 is 14.2. The highest BCUT2D eigenvalue weighted by Gasteiger charge is 2.22. The summed E-state index contributed by atoms with van der Waals surface area (Å²) in [6, 6.07) is 0.663. The molecule has 3 aromatic heterocycles. The molecule has 0 saturated heterocycles. The Hall–Kier alpha value is -2.61. The van der Waals surface area contributed by atoms with Crippen LogP contribution in [0.1, 0.15) is 25.7 Å². The molecule has 8 heteroatoms. The highest BCUT2D eigenvalue weighted by atomic mass is 19.1. The number of fused-ring (bicyclic) bond motifs is 1. The Morgan fingerprint density at radius 1 is 1.20 bits per heavy atom. The first-order valence-corrected chi connectivity index (χ1v) is 8.48. The van der Waals surface area contributed by atoms with Crippen molar-refractivity contribution in [1.29, 1.82) is 0 Å². The van der Waals surface area contributed by atoms with Crippen molar-refractivity contribution in [3.63, 3.8) is 0 Å². The maximum Gasteiger partial charge on any atom is 0.183 e. The lowest BCUT2D eigenvalue weighted by molar-refractivity contribution is 0.368. The molecule has 25 heavy (non-hydrogen) atoms. The molecule has 1 aliphatic carbocycles. The summed E-state index contributed by atoms with van der Waals surface area (Å²) in [6.45, 7) is 0. The molecule has 0 aromatic carbocycles. The second-order valence-electron chi connectivity index (χ2n) is 6.37. The monoisotopic (exact) mass is 341 g/mol. The number of anilines is 1. The Kier molecular flexibility index (Phi) is 4.27. The number of halogens is 1. The summed E-state index contributed by atoms with van der Waals surface area (Å²) in [6.07, 6.45) is 10.4. The van der Waals surface area contributed by atoms with E-state index < -0.39 is 5.82 Å². The molecule has 0 aliphatic heterocycles. The summed E-state index contributed by atoms with van der Waals surface area (Å²) in [7, 11) is 1.97. The minimum Gasteiger partial charge on any atom is -0.365 e. The Balaban J connectivity index is 1.62. The fourth-order valence-corrected chi connectivity index (χ4v) is 3.42. The molecule has 4 rings (SSSR count). The third-order valence-corrected chi connectivity index (χ3v) is 4.76. The third-order valence-electron chi connectivity index (χ3n) is 4.76. The van der Waals surface area contributed by atoms with Crippen molar-refractivity contribution in [2.75, 3.05) is 12.4 Å². The number of nitrogens with one attached hydrogen (secondary N) is 3. The molecule has 0 amide bonds. The minimum absolute atomic E-state index is 0.203. The first kappa shape index (κ1) is 15.9. The van der Waals surface area contributed by atoms with E-state index in [-0.39, 0.29) is 11.9 Å². The lowest BCUT2D eigenvalue weighted by atomic mass is 9.91. The highest BCUT2D eigenvalue weighted by Crippen LogP contribution is 2.27. The Morgan fingerprint density at radius 2 is 2.08 bits per heavy atom. The Morgan fingerprint density at radius 3 is 2.96 bits per heavy atom. The molecule has 0 bridgehead atoms. The molecular weight excluding hydrogens is 321 g/mol. The number of nitrogens with zero attached hydrogens (tertiary/aromatic N) is 4. The van der Waals surface area contributed by atoms with Crippen LogP contribution in [0.4, 0.5) is 10.2 Å². The second-order valence-corrected chi connectivity index (χ2v) is 6.37. The lowest BCUT2D eigenvalue weighted by Gasteiger charge is -2.29. The number of H-pyrrole nitrogens is 1. The number of aromatic amines is 1. The maximum atomic E-state index is 14.2. The fourth-order valence-electron chi connectivity index (χ4n) is 3.42. The number of aromatic nitrogens is 5. The first-order valence-electron chi connectivity index (χ1n) is 8.48. The fraction of sp³-hybridized carbons (Fsp3) is 0.412. The predicted molar refractivity (Wildman–Crippen MR) is 93.6 cm³/mol. The predicted octanol–water partition coefficient (Wildman–Crippen LogP) is 2.50. The molecule has 130 valence electrons. The first-order chi connectivity index (χ1) is 12.2. The average molecular weight is 341 g/mol. The molecule has 2 atom stereocenters. The lowest BCUT2D eigenvalue weighted by Crippen LogP contribution is -2.37. The largest absolute Gasteiger partial charge is 0.365 e. The molecule has 7 nitrogen and oxygen atoms in total. The van der Waals surface area contributed by atoms with Gasteiger partial charge in [0.15, 0.2) is 17.5 Å². The summed E-state index contributed by atoms with van der Waals surface area (Å²) in [4.78, 5) is 19.8. The van der Waals surface area contributed by atoms with Crippen molar-refractivity contribution in [2.45, 2.75) is 37.8 Å². The van der Waals surface area contributed by atoms with E-state index in [1.165, 1.54) is 12.5 Å². The van der Waals surface area contributed by atoms with Gasteiger partial charge in [0.2, 0.25) is 0 Å². The molecule has 1 fully saturated rings. The smallest absolute Gasteiger partial charge is 0.183 e. The van der Waals surface area contributed by atoms with Gasteiger partial charge in [-0.2, -0.15) is 0 Å². The van der Waals surface area contributed by atoms with E-state index >= 15 is 0 Å². The van der Waals surface area contributed by atoms with Crippen LogP contribution in [0.3, 0.4) is 0 Å². The zero-order chi connectivity index (χ0) is 17.2. The summed E-state index contributed by atoms with van der Waals surface area (Å²) in [5, 5.41) is 7.37. The minimum atomic E-state index is -0.438. The van der Waals surface area contributed by atoms with Gasteiger partial charge in [0.25, 0.3) is 0 Å². The zero-order valence-corrected chi connectivity index (χ0v) is 14.0. The summed E-state index contributed by atoms with van der Waals surface area (Å²) in [5.74, 6) is 0.260. The van der Waals surface area contributed by atoms with Crippen molar-refractivity contribution in [1.82, 2.24) is 30.2 Å². The zero-order valence-electron chi connectivity index (χ0n) is 14.0. The van der Waals surface area contributed by atoms with Crippen LogP contribution in [-0.2, 0) is 0 Å². The van der Waals surface area contributed by atoms with Gasteiger partial charge in [0.1, 0.15) is 12.0 Å². The van der Waals surface area contributed by atoms with Gasteiger partial charge in [-0.25, -0.2) is 24.3 Å². The van der Waals surface area contributed by atoms with Gasteiger partial charge in [-0.3, -0.25) is 0 Å². The van der Waals surface area contributed by atoms with Crippen molar-refractivity contribution in [3.8, 4) is 11.4 Å². The van der Waals surface area contributed by atoms with Crippen molar-refractivity contribution in [2.24, 2.45) is 0 Å². The van der Waals surface area contributed by atoms with Crippen LogP contribution < -0.4 is 10.6 Å². The maximum absolute atomic E-state index is 14.2. The molecule has 1 aliphatic rings. The summed E-state index contributed by atoms with van der Waals surface area (Å²) >= 11 is 0. The molecule has 1 saturated carbocycles. The summed E-state index contributed by atoms with van der Waals surface area (Å²) in [5.41, 5.74) is 1.46. The van der Waals surface area contributed by atoms with Gasteiger partial charge >= 0.3 is 0 Å². The normalized spacial score (nSPS) is 20.7. The van der Waals surface area contributed by atoms with E-state index in [1.807, 2.05) is 7.05 Å². The Bertz CT molecular complexity index is 878. The molecule has 3 aromatic rings. The average Bonchev–Trinajstić information content (AvgIpc) is 3.08. The molecule has 0 spiro atoms. The van der Waals surface area contributed by atoms with E-state index in [0.29, 0.717) is 17.5 Å². The molecule has 0 unspecified atom stereocenters. The van der Waals surface area contributed by atoms with Crippen LogP contribution in [0, 0.1) is 5.82 Å². The number of rotatable bonds is 4. The van der Waals surface area contributed by atoms with Gasteiger partial charge < -0.3 is 15.6 Å². The van der Waals surface area contributed by atoms with E-state index in [0.717, 1.165) is 36.6 Å². The van der Waals surface area contributed by atoms with Crippen LogP contribution in [0.15, 0.2) is 24.9 Å². The van der Waals surface area contributed by atoms with Gasteiger partial charge in [0, 0.05) is 35.4 Å². The van der Waals surface area contributed by atoms with Crippen molar-refractivity contribution in [3.05, 3.63) is 30.7 Å². The number of hydrogen-bond donors (Lipinski definition) is 3. The van der Waals surface area contributed by atoms with Crippen LogP contribution in [0.5, 0.6) is 0 Å². The Labute approximate surface area is 144 Å². The highest BCUT2D eigenvalue weighted by molar-refractivity contribution is 5.90. The van der Waals surface area contributed by atoms with Gasteiger partial charge in [-0.05, 0) is 32.7 Å². The molecular formula is C17H20FN7. The van der Waals surface area contributed by atoms with E-state index in [4.69, 9.17) is 0 Å². The van der Waals surface area contributed by atoms with Gasteiger partial charge in [-0.15, -0.1) is 0 Å². The molecule has 3 N–H and O–H groups in total. The third kappa shape index (κ3) is 3.17. The topological polar surface area (TPSA) is 91.4 Å². The standard InChI is InChI=1S/C17H20FN7/c1-19-10-3-2-4-11(5-10)24-17-14(18)8-22-16(25-17)13-7-21-15-12(13)6-20-9-23-15/h6-11,19H,2-5H2,1H3,(H,20,21,23)(H,22,24,25)/t10-,11+/m0/s1. The van der Waals surface area contributed by atoms with E-state index in [9.17, 15) is 4.39 Å². The van der Waals surface area contributed by atoms with Crippen molar-refractivity contribution < 1.29 is 4.39 Å². The van der Waals surface area contributed by atoms with Crippen LogP contribution in [0.25, 0.3) is 22.4 Å². The van der Waals surface area contributed by atoms with E-state index in [1.54, 1.807) is 12.4 Å². The quantitative estimate of drug-likeness (QED) is 0.675. The molecule has 0 radical (unpaired) electrons.